The van der Waals surface area contributed by atoms with Crippen LogP contribution in [0.15, 0.2) is 158 Å². The molecule has 0 atom stereocenters. The molecule has 8 rings (SSSR count). The standard InChI is InChI=1S/2C27H26N2O.2C2H4O2.2CHCl3.2Pd/c2*1-18-15-19(2)26(20(3)16-18)28-17-22-11-7-14-25(29-22)24-13-8-12-23(27(24)30)21-9-5-4-6-10-21;2*1-2(3)4;2*2-1(3)4;;/h2*4-16,28,30H,17H2,1-3H3;2*1H3,(H,3,4);2*1H;;/q;;;;;;2*+2/p-4. The monoisotopic (exact) mass is 1350 g/mol. The Labute approximate surface area is 515 Å². The molecule has 0 radical (unpaired) electrons. The van der Waals surface area contributed by atoms with Gasteiger partial charge in [0.25, 0.3) is 0 Å². The minimum Gasteiger partial charge on any atom is -0.872 e. The average Bonchev–Trinajstić information content (AvgIpc) is 3.34. The van der Waals surface area contributed by atoms with E-state index in [1.165, 1.54) is 33.4 Å². The summed E-state index contributed by atoms with van der Waals surface area (Å²) in [5.41, 5.74) is 17.4. The van der Waals surface area contributed by atoms with E-state index in [9.17, 15) is 10.2 Å². The molecule has 2 heterocycles. The van der Waals surface area contributed by atoms with Gasteiger partial charge in [0.2, 0.25) is 0 Å². The number of alkyl halides is 6. The van der Waals surface area contributed by atoms with Crippen molar-refractivity contribution in [2.24, 2.45) is 0 Å². The zero-order valence-corrected chi connectivity index (χ0v) is 51.5. The summed E-state index contributed by atoms with van der Waals surface area (Å²) in [7, 11) is 0. The largest absolute Gasteiger partial charge is 2.00 e. The van der Waals surface area contributed by atoms with Gasteiger partial charge in [0.1, 0.15) is 0 Å². The number of hydrogen-bond acceptors (Lipinski definition) is 10. The van der Waals surface area contributed by atoms with Gasteiger partial charge in [-0.05, 0) is 135 Å². The Bertz CT molecular complexity index is 2850. The van der Waals surface area contributed by atoms with Crippen molar-refractivity contribution in [1.82, 2.24) is 9.97 Å². The Kier molecular flexibility index (Phi) is 33.5. The molecule has 2 aromatic heterocycles. The molecule has 0 spiro atoms. The fourth-order valence-electron chi connectivity index (χ4n) is 7.90. The second kappa shape index (κ2) is 36.9. The van der Waals surface area contributed by atoms with Gasteiger partial charge in [-0.25, -0.2) is 0 Å². The third-order valence-electron chi connectivity index (χ3n) is 10.6. The van der Waals surface area contributed by atoms with Gasteiger partial charge in [-0.1, -0.05) is 226 Å². The Hall–Kier alpha value is -5.18. The molecule has 0 saturated carbocycles. The van der Waals surface area contributed by atoms with Crippen LogP contribution in [0.3, 0.4) is 0 Å². The smallest absolute Gasteiger partial charge is 0.872 e. The summed E-state index contributed by atoms with van der Waals surface area (Å²) in [6, 6.07) is 51.2. The van der Waals surface area contributed by atoms with Crippen LogP contribution < -0.4 is 31.1 Å². The maximum absolute atomic E-state index is 13.1. The molecular weight excluding hydrogens is 1300 g/mol. The van der Waals surface area contributed by atoms with Crippen LogP contribution in [-0.4, -0.2) is 30.5 Å². The van der Waals surface area contributed by atoms with E-state index in [0.29, 0.717) is 46.7 Å². The first-order valence-electron chi connectivity index (χ1n) is 23.4. The number of benzene rings is 6. The average molecular weight is 1360 g/mol. The van der Waals surface area contributed by atoms with E-state index in [1.807, 2.05) is 133 Å². The molecule has 0 saturated heterocycles. The van der Waals surface area contributed by atoms with Crippen LogP contribution >= 0.6 is 69.6 Å². The summed E-state index contributed by atoms with van der Waals surface area (Å²) < 4.78 is -1.50. The van der Waals surface area contributed by atoms with Gasteiger partial charge in [0, 0.05) is 23.3 Å². The predicted molar refractivity (Wildman–Crippen MR) is 309 cm³/mol. The number of nitrogens with one attached hydrogen (secondary N) is 2. The number of carbonyl (C=O) groups is 2. The van der Waals surface area contributed by atoms with Gasteiger partial charge in [0.05, 0.1) is 35.9 Å². The zero-order chi connectivity index (χ0) is 56.5. The number of aryl methyl sites for hydroxylation is 6. The molecule has 0 unspecified atom stereocenters. The third kappa shape index (κ3) is 25.3. The van der Waals surface area contributed by atoms with Crippen LogP contribution in [0.4, 0.5) is 11.4 Å². The van der Waals surface area contributed by atoms with Crippen molar-refractivity contribution in [3.05, 3.63) is 202 Å². The molecule has 8 aromatic rings. The van der Waals surface area contributed by atoms with Crippen LogP contribution in [-0.2, 0) is 63.5 Å². The Balaban J connectivity index is 0.000000599. The minimum atomic E-state index is -1.08. The van der Waals surface area contributed by atoms with Crippen molar-refractivity contribution in [1.29, 1.82) is 0 Å². The number of rotatable bonds is 10. The fourth-order valence-corrected chi connectivity index (χ4v) is 7.90. The number of nitrogens with zero attached hydrogens (tertiary/aromatic N) is 2. The molecule has 0 fully saturated rings. The summed E-state index contributed by atoms with van der Waals surface area (Å²) in [6.07, 6.45) is 0. The van der Waals surface area contributed by atoms with Gasteiger partial charge in [0.15, 0.2) is 8.59 Å². The molecule has 0 amide bonds. The van der Waals surface area contributed by atoms with Crippen molar-refractivity contribution < 1.29 is 70.9 Å². The van der Waals surface area contributed by atoms with E-state index in [-0.39, 0.29) is 52.3 Å². The van der Waals surface area contributed by atoms with E-state index < -0.39 is 20.5 Å². The Morgan fingerprint density at radius 1 is 0.436 bits per heavy atom. The Morgan fingerprint density at radius 2 is 0.692 bits per heavy atom. The SMILES string of the molecule is CC(=O)[O-].CC(=O)[O-].Cc1cc(C)c(NCc2cccc(-c3cccc(-c4ccccc4)c3[O-])n2)c(C)c1.Cc1cc(C)c(NCc2cccc(-c3cccc(-c4ccccc4)c3[O-])n2)c(C)c1.ClC(Cl)Cl.ClC(Cl)Cl.[Pd+2].[Pd+2]. The van der Waals surface area contributed by atoms with Gasteiger partial charge >= 0.3 is 40.8 Å². The number of aliphatic carboxylic acids is 2. The number of carbonyl (C=O) groups excluding carboxylic acids is 2. The quantitative estimate of drug-likeness (QED) is 0.0990. The van der Waals surface area contributed by atoms with Gasteiger partial charge < -0.3 is 40.6 Å². The molecule has 0 bridgehead atoms. The van der Waals surface area contributed by atoms with Crippen LogP contribution in [0, 0.1) is 41.5 Å². The number of pyridine rings is 2. The minimum absolute atomic E-state index is 0. The van der Waals surface area contributed by atoms with Gasteiger partial charge in [-0.15, -0.1) is 0 Å². The van der Waals surface area contributed by atoms with Crippen LogP contribution in [0.5, 0.6) is 11.5 Å². The topological polar surface area (TPSA) is 176 Å². The molecule has 6 aromatic carbocycles. The van der Waals surface area contributed by atoms with Crippen LogP contribution in [0.1, 0.15) is 58.6 Å². The number of hydrogen-bond donors (Lipinski definition) is 2. The maximum Gasteiger partial charge on any atom is 2.00 e. The van der Waals surface area contributed by atoms with Crippen molar-refractivity contribution in [3.8, 4) is 56.3 Å². The second-order valence-corrected chi connectivity index (χ2v) is 20.8. The first kappa shape index (κ1) is 70.8. The predicted octanol–water partition coefficient (Wildman–Crippen LogP) is 13.5. The van der Waals surface area contributed by atoms with E-state index >= 15 is 0 Å². The first-order chi connectivity index (χ1) is 36.0. The number of carboxylic acids is 2. The van der Waals surface area contributed by atoms with Crippen LogP contribution in [0.2, 0.25) is 0 Å². The summed E-state index contributed by atoms with van der Waals surface area (Å²) in [4.78, 5) is 27.3. The third-order valence-corrected chi connectivity index (χ3v) is 10.6. The summed E-state index contributed by atoms with van der Waals surface area (Å²) in [6.45, 7) is 15.8. The summed E-state index contributed by atoms with van der Waals surface area (Å²) in [5.74, 6) is -2.15. The van der Waals surface area contributed by atoms with E-state index in [0.717, 1.165) is 47.7 Å². The zero-order valence-electron chi connectivity index (χ0n) is 43.8. The summed E-state index contributed by atoms with van der Waals surface area (Å²) in [5, 5.41) is 51.1. The van der Waals surface area contributed by atoms with Crippen molar-refractivity contribution in [3.63, 3.8) is 0 Å². The molecule has 0 aliphatic carbocycles. The Morgan fingerprint density at radius 3 is 0.974 bits per heavy atom. The number of aromatic nitrogens is 2. The molecule has 0 aliphatic heterocycles. The van der Waals surface area contributed by atoms with Crippen molar-refractivity contribution in [2.75, 3.05) is 10.6 Å². The molecule has 78 heavy (non-hydrogen) atoms. The number of anilines is 2. The van der Waals surface area contributed by atoms with Crippen molar-refractivity contribution in [2.45, 2.75) is 77.1 Å². The fraction of sp³-hybridized carbons (Fsp3) is 0.200. The van der Waals surface area contributed by atoms with E-state index in [4.69, 9.17) is 99.4 Å². The number of para-hydroxylation sites is 2. The first-order valence-corrected chi connectivity index (χ1v) is 26.1. The number of halogens is 6. The normalized spacial score (nSPS) is 9.85. The molecule has 0 aliphatic rings. The summed E-state index contributed by atoms with van der Waals surface area (Å²) >= 11 is 28.8. The van der Waals surface area contributed by atoms with E-state index in [2.05, 4.69) is 76.4 Å². The van der Waals surface area contributed by atoms with Gasteiger partial charge in [-0.3, -0.25) is 9.97 Å². The molecule has 10 nitrogen and oxygen atoms in total. The second-order valence-electron chi connectivity index (χ2n) is 16.9. The van der Waals surface area contributed by atoms with Crippen molar-refractivity contribution >= 4 is 92.9 Å². The molecule has 18 heteroatoms. The molecular formula is C60H58Cl6N4O6Pd2. The molecule has 416 valence electrons. The van der Waals surface area contributed by atoms with Crippen LogP contribution in [0.25, 0.3) is 44.8 Å². The molecule has 2 N–H and O–H groups in total. The maximum atomic E-state index is 13.1. The van der Waals surface area contributed by atoms with E-state index in [1.54, 1.807) is 0 Å². The van der Waals surface area contributed by atoms with Gasteiger partial charge in [-0.2, -0.15) is 0 Å². The number of carboxylic acid groups (broad SMARTS) is 2.